The predicted molar refractivity (Wildman–Crippen MR) is 123 cm³/mol. The lowest BCUT2D eigenvalue weighted by atomic mass is 10.0. The molecule has 1 rings (SSSR count). The van der Waals surface area contributed by atoms with Crippen LogP contribution in [0.3, 0.4) is 0 Å². The van der Waals surface area contributed by atoms with Gasteiger partial charge in [-0.05, 0) is 18.6 Å². The zero-order chi connectivity index (χ0) is 21.0. The van der Waals surface area contributed by atoms with Gasteiger partial charge in [0.15, 0.2) is 0 Å². The fraction of sp³-hybridized carbons (Fsp3) is 0.720. The number of unbranched alkanes of at least 4 members (excludes halogenated alkanes) is 15. The van der Waals surface area contributed by atoms with Crippen LogP contribution in [0.2, 0.25) is 0 Å². The molecule has 0 aromatic heterocycles. The fourth-order valence-electron chi connectivity index (χ4n) is 3.64. The molecular formula is C25H44N2O2. The molecule has 4 nitrogen and oxygen atoms in total. The first-order valence-electron chi connectivity index (χ1n) is 12.1. The third-order valence-corrected chi connectivity index (χ3v) is 5.51. The average Bonchev–Trinajstić information content (AvgIpc) is 2.73. The first kappa shape index (κ1) is 25.5. The molecule has 29 heavy (non-hydrogen) atoms. The molecule has 0 aliphatic carbocycles. The minimum atomic E-state index is -0.292. The van der Waals surface area contributed by atoms with E-state index in [1.165, 1.54) is 102 Å². The topological polar surface area (TPSA) is 61.4 Å². The minimum absolute atomic E-state index is 0.00853. The second kappa shape index (κ2) is 18.5. The number of rotatable bonds is 19. The Labute approximate surface area is 178 Å². The second-order valence-electron chi connectivity index (χ2n) is 8.20. The first-order valence-corrected chi connectivity index (χ1v) is 12.1. The summed E-state index contributed by atoms with van der Waals surface area (Å²) in [6.07, 6.45) is 21.7. The lowest BCUT2D eigenvalue weighted by Gasteiger charge is -2.08. The van der Waals surface area contributed by atoms with Crippen molar-refractivity contribution in [2.45, 2.75) is 110 Å². The SMILES string of the molecule is CCCCCCCCCCCCCCCCCCNNC(=O)c1ccccc1O. The van der Waals surface area contributed by atoms with Gasteiger partial charge in [-0.15, -0.1) is 0 Å². The van der Waals surface area contributed by atoms with E-state index in [1.807, 2.05) is 0 Å². The van der Waals surface area contributed by atoms with E-state index in [9.17, 15) is 9.90 Å². The molecule has 1 aromatic rings. The number of hydrogen-bond donors (Lipinski definition) is 3. The van der Waals surface area contributed by atoms with E-state index in [2.05, 4.69) is 17.8 Å². The number of amides is 1. The van der Waals surface area contributed by atoms with Gasteiger partial charge in [-0.25, -0.2) is 5.43 Å². The average molecular weight is 405 g/mol. The van der Waals surface area contributed by atoms with Gasteiger partial charge >= 0.3 is 0 Å². The van der Waals surface area contributed by atoms with Crippen molar-refractivity contribution in [1.82, 2.24) is 10.9 Å². The van der Waals surface area contributed by atoms with Gasteiger partial charge in [0.05, 0.1) is 5.56 Å². The second-order valence-corrected chi connectivity index (χ2v) is 8.20. The van der Waals surface area contributed by atoms with Crippen LogP contribution in [0, 0.1) is 0 Å². The summed E-state index contributed by atoms with van der Waals surface area (Å²) < 4.78 is 0. The monoisotopic (exact) mass is 404 g/mol. The van der Waals surface area contributed by atoms with Crippen molar-refractivity contribution in [3.63, 3.8) is 0 Å². The fourth-order valence-corrected chi connectivity index (χ4v) is 3.64. The highest BCUT2D eigenvalue weighted by Crippen LogP contribution is 2.15. The summed E-state index contributed by atoms with van der Waals surface area (Å²) in [5.41, 5.74) is 5.89. The molecule has 0 saturated heterocycles. The summed E-state index contributed by atoms with van der Waals surface area (Å²) >= 11 is 0. The van der Waals surface area contributed by atoms with Crippen molar-refractivity contribution in [3.8, 4) is 5.75 Å². The Morgan fingerprint density at radius 3 is 1.66 bits per heavy atom. The molecule has 3 N–H and O–H groups in total. The lowest BCUT2D eigenvalue weighted by molar-refractivity contribution is 0.0930. The van der Waals surface area contributed by atoms with E-state index in [-0.39, 0.29) is 11.7 Å². The number of carbonyl (C=O) groups excluding carboxylic acids is 1. The number of hydrazine groups is 1. The van der Waals surface area contributed by atoms with Crippen molar-refractivity contribution in [2.75, 3.05) is 6.54 Å². The Balaban J connectivity index is 1.78. The summed E-state index contributed by atoms with van der Waals surface area (Å²) in [6.45, 7) is 3.04. The number of para-hydroxylation sites is 1. The largest absolute Gasteiger partial charge is 0.507 e. The van der Waals surface area contributed by atoms with E-state index in [1.54, 1.807) is 18.2 Å². The molecule has 0 spiro atoms. The minimum Gasteiger partial charge on any atom is -0.507 e. The van der Waals surface area contributed by atoms with Gasteiger partial charge in [-0.3, -0.25) is 10.2 Å². The normalized spacial score (nSPS) is 10.9. The third kappa shape index (κ3) is 14.1. The molecule has 0 aliphatic heterocycles. The quantitative estimate of drug-likeness (QED) is 0.174. The van der Waals surface area contributed by atoms with Gasteiger partial charge < -0.3 is 5.11 Å². The molecule has 0 bridgehead atoms. The molecule has 166 valence electrons. The number of nitrogens with one attached hydrogen (secondary N) is 2. The summed E-state index contributed by atoms with van der Waals surface area (Å²) in [4.78, 5) is 11.9. The van der Waals surface area contributed by atoms with Crippen LogP contribution in [-0.4, -0.2) is 17.6 Å². The van der Waals surface area contributed by atoms with E-state index in [0.717, 1.165) is 13.0 Å². The first-order chi connectivity index (χ1) is 14.3. The van der Waals surface area contributed by atoms with Crippen LogP contribution in [0.25, 0.3) is 0 Å². The summed E-state index contributed by atoms with van der Waals surface area (Å²) in [7, 11) is 0. The van der Waals surface area contributed by atoms with Gasteiger partial charge in [0, 0.05) is 6.54 Å². The van der Waals surface area contributed by atoms with Crippen molar-refractivity contribution >= 4 is 5.91 Å². The maximum absolute atomic E-state index is 11.9. The van der Waals surface area contributed by atoms with Gasteiger partial charge in [0.25, 0.3) is 5.91 Å². The van der Waals surface area contributed by atoms with Gasteiger partial charge in [-0.2, -0.15) is 0 Å². The molecule has 0 aliphatic rings. The smallest absolute Gasteiger partial charge is 0.269 e. The van der Waals surface area contributed by atoms with Crippen LogP contribution >= 0.6 is 0 Å². The van der Waals surface area contributed by atoms with Crippen molar-refractivity contribution in [1.29, 1.82) is 0 Å². The molecule has 0 atom stereocenters. The molecule has 0 saturated carbocycles. The van der Waals surface area contributed by atoms with Crippen molar-refractivity contribution in [3.05, 3.63) is 29.8 Å². The lowest BCUT2D eigenvalue weighted by Crippen LogP contribution is -2.37. The summed E-state index contributed by atoms with van der Waals surface area (Å²) in [6, 6.07) is 6.58. The van der Waals surface area contributed by atoms with E-state index in [4.69, 9.17) is 0 Å². The van der Waals surface area contributed by atoms with Crippen LogP contribution in [0.4, 0.5) is 0 Å². The Morgan fingerprint density at radius 1 is 0.724 bits per heavy atom. The van der Waals surface area contributed by atoms with Crippen LogP contribution in [0.1, 0.15) is 120 Å². The molecule has 0 heterocycles. The molecule has 0 fully saturated rings. The number of carbonyl (C=O) groups is 1. The Bertz CT molecular complexity index is 519. The van der Waals surface area contributed by atoms with Crippen LogP contribution in [-0.2, 0) is 0 Å². The van der Waals surface area contributed by atoms with Crippen LogP contribution in [0.5, 0.6) is 5.75 Å². The third-order valence-electron chi connectivity index (χ3n) is 5.51. The molecular weight excluding hydrogens is 360 g/mol. The standard InChI is InChI=1S/C25H44N2O2/c1-2-3-4-5-6-7-8-9-10-11-12-13-14-15-16-19-22-26-27-25(29)23-20-17-18-21-24(23)28/h17-18,20-21,26,28H,2-16,19,22H2,1H3,(H,27,29). The summed E-state index contributed by atoms with van der Waals surface area (Å²) in [5, 5.41) is 9.64. The summed E-state index contributed by atoms with van der Waals surface area (Å²) in [5.74, 6) is -0.284. The maximum Gasteiger partial charge on any atom is 0.269 e. The highest BCUT2D eigenvalue weighted by atomic mass is 16.3. The Morgan fingerprint density at radius 2 is 1.17 bits per heavy atom. The zero-order valence-electron chi connectivity index (χ0n) is 18.7. The van der Waals surface area contributed by atoms with Crippen molar-refractivity contribution < 1.29 is 9.90 Å². The zero-order valence-corrected chi connectivity index (χ0v) is 18.7. The number of aromatic hydroxyl groups is 1. The van der Waals surface area contributed by atoms with Gasteiger partial charge in [-0.1, -0.05) is 115 Å². The maximum atomic E-state index is 11.9. The molecule has 1 aromatic carbocycles. The molecule has 1 amide bonds. The van der Waals surface area contributed by atoms with Gasteiger partial charge in [0.2, 0.25) is 0 Å². The molecule has 4 heteroatoms. The van der Waals surface area contributed by atoms with E-state index >= 15 is 0 Å². The van der Waals surface area contributed by atoms with E-state index in [0.29, 0.717) is 5.56 Å². The Kier molecular flexibility index (Phi) is 16.2. The number of phenols is 1. The highest BCUT2D eigenvalue weighted by molar-refractivity contribution is 5.96. The van der Waals surface area contributed by atoms with Crippen LogP contribution in [0.15, 0.2) is 24.3 Å². The Hall–Kier alpha value is -1.55. The number of phenolic OH excluding ortho intramolecular Hbond substituents is 1. The number of benzene rings is 1. The number of hydrogen-bond acceptors (Lipinski definition) is 3. The van der Waals surface area contributed by atoms with Crippen molar-refractivity contribution in [2.24, 2.45) is 0 Å². The van der Waals surface area contributed by atoms with Gasteiger partial charge in [0.1, 0.15) is 5.75 Å². The van der Waals surface area contributed by atoms with Crippen LogP contribution < -0.4 is 10.9 Å². The predicted octanol–water partition coefficient (Wildman–Crippen LogP) is 6.89. The highest BCUT2D eigenvalue weighted by Gasteiger charge is 2.08. The molecule has 0 radical (unpaired) electrons. The van der Waals surface area contributed by atoms with E-state index < -0.39 is 0 Å². The molecule has 0 unspecified atom stereocenters.